The largest absolute Gasteiger partial charge is 0.481 e. The van der Waals surface area contributed by atoms with Crippen LogP contribution in [0.1, 0.15) is 34.9 Å². The third-order valence-corrected chi connectivity index (χ3v) is 5.53. The summed E-state index contributed by atoms with van der Waals surface area (Å²) >= 11 is 0. The van der Waals surface area contributed by atoms with E-state index in [0.29, 0.717) is 0 Å². The number of rotatable bonds is 7. The van der Waals surface area contributed by atoms with Gasteiger partial charge in [0, 0.05) is 18.4 Å². The molecule has 0 fully saturated rings. The fraction of sp³-hybridized carbons (Fsp3) is 0.200. The van der Waals surface area contributed by atoms with Crippen LogP contribution in [0.4, 0.5) is 4.79 Å². The van der Waals surface area contributed by atoms with E-state index in [4.69, 9.17) is 4.74 Å². The molecule has 3 aromatic rings. The molecule has 2 N–H and O–H groups in total. The van der Waals surface area contributed by atoms with Crippen LogP contribution in [0.5, 0.6) is 0 Å². The number of hydrogen-bond acceptors (Lipinski definition) is 3. The van der Waals surface area contributed by atoms with E-state index in [2.05, 4.69) is 29.6 Å². The van der Waals surface area contributed by atoms with Gasteiger partial charge in [-0.2, -0.15) is 0 Å². The summed E-state index contributed by atoms with van der Waals surface area (Å²) in [6.45, 7) is 0.432. The van der Waals surface area contributed by atoms with Gasteiger partial charge < -0.3 is 15.2 Å². The second-order valence-electron chi connectivity index (χ2n) is 7.41. The highest BCUT2D eigenvalue weighted by atomic mass is 16.5. The molecule has 1 amide bonds. The van der Waals surface area contributed by atoms with Gasteiger partial charge in [0.1, 0.15) is 6.61 Å². The molecular formula is C25H23NO4. The summed E-state index contributed by atoms with van der Waals surface area (Å²) < 4.78 is 5.53. The highest BCUT2D eigenvalue weighted by Gasteiger charge is 2.29. The summed E-state index contributed by atoms with van der Waals surface area (Å²) in [5.41, 5.74) is 5.53. The lowest BCUT2D eigenvalue weighted by molar-refractivity contribution is -0.137. The Morgan fingerprint density at radius 1 is 0.867 bits per heavy atom. The molecule has 0 aromatic heterocycles. The zero-order chi connectivity index (χ0) is 20.9. The molecule has 0 bridgehead atoms. The van der Waals surface area contributed by atoms with Crippen LogP contribution < -0.4 is 5.32 Å². The van der Waals surface area contributed by atoms with Gasteiger partial charge in [0.15, 0.2) is 0 Å². The van der Waals surface area contributed by atoms with Crippen molar-refractivity contribution in [2.24, 2.45) is 0 Å². The van der Waals surface area contributed by atoms with Crippen LogP contribution in [0.15, 0.2) is 78.9 Å². The Bertz CT molecular complexity index is 1000. The number of benzene rings is 3. The SMILES string of the molecule is O=C(O)C[C@H](CNC(=O)OCC1c2ccccc2-c2ccccc21)c1ccccc1. The van der Waals surface area contributed by atoms with Gasteiger partial charge >= 0.3 is 12.1 Å². The number of fused-ring (bicyclic) bond motifs is 3. The molecule has 4 rings (SSSR count). The second kappa shape index (κ2) is 8.82. The zero-order valence-corrected chi connectivity index (χ0v) is 16.5. The van der Waals surface area contributed by atoms with Gasteiger partial charge in [-0.1, -0.05) is 78.9 Å². The van der Waals surface area contributed by atoms with Gasteiger partial charge in [-0.05, 0) is 27.8 Å². The molecule has 0 saturated heterocycles. The molecular weight excluding hydrogens is 378 g/mol. The number of ether oxygens (including phenoxy) is 1. The predicted molar refractivity (Wildman–Crippen MR) is 115 cm³/mol. The minimum Gasteiger partial charge on any atom is -0.481 e. The van der Waals surface area contributed by atoms with E-state index in [1.165, 1.54) is 11.1 Å². The van der Waals surface area contributed by atoms with Crippen molar-refractivity contribution in [3.05, 3.63) is 95.6 Å². The molecule has 3 aromatic carbocycles. The van der Waals surface area contributed by atoms with Gasteiger partial charge in [0.25, 0.3) is 0 Å². The van der Waals surface area contributed by atoms with E-state index in [1.54, 1.807) is 0 Å². The van der Waals surface area contributed by atoms with Crippen LogP contribution in [0, 0.1) is 0 Å². The molecule has 0 aliphatic heterocycles. The number of carbonyl (C=O) groups is 2. The number of amides is 1. The maximum Gasteiger partial charge on any atom is 0.407 e. The van der Waals surface area contributed by atoms with E-state index < -0.39 is 12.1 Å². The third-order valence-electron chi connectivity index (χ3n) is 5.53. The van der Waals surface area contributed by atoms with E-state index in [9.17, 15) is 14.7 Å². The Labute approximate surface area is 175 Å². The molecule has 0 spiro atoms. The standard InChI is InChI=1S/C25H23NO4/c27-24(28)14-18(17-8-2-1-3-9-17)15-26-25(29)30-16-23-21-12-6-4-10-19(21)20-11-5-7-13-22(20)23/h1-13,18,23H,14-16H2,(H,26,29)(H,27,28)/t18-/m1/s1. The van der Waals surface area contributed by atoms with Crippen molar-refractivity contribution in [2.75, 3.05) is 13.2 Å². The minimum absolute atomic E-state index is 0.00732. The van der Waals surface area contributed by atoms with Crippen molar-refractivity contribution in [3.63, 3.8) is 0 Å². The molecule has 0 saturated carbocycles. The molecule has 0 unspecified atom stereocenters. The van der Waals surface area contributed by atoms with Crippen LogP contribution in [0.3, 0.4) is 0 Å². The second-order valence-corrected chi connectivity index (χ2v) is 7.41. The molecule has 30 heavy (non-hydrogen) atoms. The molecule has 152 valence electrons. The van der Waals surface area contributed by atoms with E-state index in [1.807, 2.05) is 54.6 Å². The number of aliphatic carboxylic acids is 1. The first-order chi connectivity index (χ1) is 14.6. The quantitative estimate of drug-likeness (QED) is 0.597. The van der Waals surface area contributed by atoms with Crippen LogP contribution in [-0.2, 0) is 9.53 Å². The first kappa shape index (κ1) is 19.7. The summed E-state index contributed by atoms with van der Waals surface area (Å²) in [5, 5.41) is 11.9. The number of carboxylic acid groups (broad SMARTS) is 1. The average Bonchev–Trinajstić information content (AvgIpc) is 3.09. The fourth-order valence-corrected chi connectivity index (χ4v) is 4.10. The van der Waals surface area contributed by atoms with Gasteiger partial charge in [-0.15, -0.1) is 0 Å². The maximum absolute atomic E-state index is 12.4. The topological polar surface area (TPSA) is 75.6 Å². The number of alkyl carbamates (subject to hydrolysis) is 1. The van der Waals surface area contributed by atoms with Crippen molar-refractivity contribution >= 4 is 12.1 Å². The monoisotopic (exact) mass is 401 g/mol. The Balaban J connectivity index is 1.40. The van der Waals surface area contributed by atoms with Crippen molar-refractivity contribution in [1.82, 2.24) is 5.32 Å². The average molecular weight is 401 g/mol. The molecule has 5 heteroatoms. The maximum atomic E-state index is 12.4. The summed E-state index contributed by atoms with van der Waals surface area (Å²) in [5.74, 6) is -1.23. The summed E-state index contributed by atoms with van der Waals surface area (Å²) in [7, 11) is 0. The van der Waals surface area contributed by atoms with Crippen molar-refractivity contribution in [2.45, 2.75) is 18.3 Å². The third kappa shape index (κ3) is 4.20. The molecule has 1 aliphatic rings. The van der Waals surface area contributed by atoms with Crippen molar-refractivity contribution in [3.8, 4) is 11.1 Å². The van der Waals surface area contributed by atoms with E-state index >= 15 is 0 Å². The molecule has 1 aliphatic carbocycles. The summed E-state index contributed by atoms with van der Waals surface area (Å²) in [6.07, 6.45) is -0.601. The van der Waals surface area contributed by atoms with Crippen LogP contribution in [-0.4, -0.2) is 30.3 Å². The lowest BCUT2D eigenvalue weighted by Gasteiger charge is -2.18. The first-order valence-corrected chi connectivity index (χ1v) is 9.99. The van der Waals surface area contributed by atoms with Gasteiger partial charge in [-0.3, -0.25) is 4.79 Å². The normalized spacial score (nSPS) is 13.2. The lowest BCUT2D eigenvalue weighted by atomic mass is 9.96. The summed E-state index contributed by atoms with van der Waals surface area (Å²) in [6, 6.07) is 25.7. The van der Waals surface area contributed by atoms with Crippen molar-refractivity contribution in [1.29, 1.82) is 0 Å². The van der Waals surface area contributed by atoms with E-state index in [-0.39, 0.29) is 31.4 Å². The highest BCUT2D eigenvalue weighted by Crippen LogP contribution is 2.44. The van der Waals surface area contributed by atoms with Crippen LogP contribution in [0.25, 0.3) is 11.1 Å². The Morgan fingerprint density at radius 2 is 1.43 bits per heavy atom. The smallest absolute Gasteiger partial charge is 0.407 e. The van der Waals surface area contributed by atoms with Gasteiger partial charge in [0.2, 0.25) is 0 Å². The minimum atomic E-state index is -0.904. The number of carbonyl (C=O) groups excluding carboxylic acids is 1. The zero-order valence-electron chi connectivity index (χ0n) is 16.5. The molecule has 0 heterocycles. The Hall–Kier alpha value is -3.60. The van der Waals surface area contributed by atoms with E-state index in [0.717, 1.165) is 16.7 Å². The van der Waals surface area contributed by atoms with Gasteiger partial charge in [-0.25, -0.2) is 4.79 Å². The molecule has 0 radical (unpaired) electrons. The number of hydrogen-bond donors (Lipinski definition) is 2. The van der Waals surface area contributed by atoms with Crippen molar-refractivity contribution < 1.29 is 19.4 Å². The Kier molecular flexibility index (Phi) is 5.80. The first-order valence-electron chi connectivity index (χ1n) is 9.99. The fourth-order valence-electron chi connectivity index (χ4n) is 4.10. The molecule has 5 nitrogen and oxygen atoms in total. The number of nitrogens with one attached hydrogen (secondary N) is 1. The predicted octanol–water partition coefficient (Wildman–Crippen LogP) is 4.78. The lowest BCUT2D eigenvalue weighted by Crippen LogP contribution is -2.31. The van der Waals surface area contributed by atoms with Crippen LogP contribution in [0.2, 0.25) is 0 Å². The summed E-state index contributed by atoms with van der Waals surface area (Å²) in [4.78, 5) is 23.6. The Morgan fingerprint density at radius 3 is 2.03 bits per heavy atom. The highest BCUT2D eigenvalue weighted by molar-refractivity contribution is 5.79. The van der Waals surface area contributed by atoms with Gasteiger partial charge in [0.05, 0.1) is 6.42 Å². The number of carboxylic acids is 1. The molecule has 1 atom stereocenters. The van der Waals surface area contributed by atoms with Crippen LogP contribution >= 0.6 is 0 Å².